The molecule has 0 aromatic rings. The molecule has 0 unspecified atom stereocenters. The van der Waals surface area contributed by atoms with Gasteiger partial charge in [0.1, 0.15) is 0 Å². The second-order valence-electron chi connectivity index (χ2n) is 2.96. The number of hydrogen-bond donors (Lipinski definition) is 0. The largest absolute Gasteiger partial charge is 0.309 e. The number of hydrogen-bond acceptors (Lipinski definition) is 2. The highest BCUT2D eigenvalue weighted by molar-refractivity contribution is 4.47. The Morgan fingerprint density at radius 1 is 0.615 bits per heavy atom. The van der Waals surface area contributed by atoms with Crippen LogP contribution in [0.1, 0.15) is 36.1 Å². The third kappa shape index (κ3) is 33.5. The molecule has 0 aromatic carbocycles. The molecule has 88 valence electrons. The van der Waals surface area contributed by atoms with Gasteiger partial charge in [0.2, 0.25) is 0 Å². The lowest BCUT2D eigenvalue weighted by molar-refractivity contribution is 0.340. The third-order valence-electron chi connectivity index (χ3n) is 1.21. The van der Waals surface area contributed by atoms with E-state index in [1.165, 1.54) is 19.5 Å². The van der Waals surface area contributed by atoms with Crippen LogP contribution in [-0.4, -0.2) is 51.1 Å². The molecule has 0 saturated carbocycles. The summed E-state index contributed by atoms with van der Waals surface area (Å²) in [5.74, 6) is 0. The average molecular weight is 194 g/mol. The predicted octanol–water partition coefficient (Wildman–Crippen LogP) is 3.04. The fraction of sp³-hybridized carbons (Fsp3) is 1.00. The van der Waals surface area contributed by atoms with Crippen LogP contribution in [0.15, 0.2) is 0 Å². The van der Waals surface area contributed by atoms with Gasteiger partial charge in [-0.05, 0) is 47.7 Å². The maximum absolute atomic E-state index is 2.21. The van der Waals surface area contributed by atoms with E-state index in [4.69, 9.17) is 0 Å². The maximum Gasteiger partial charge on any atom is -0.00126 e. The van der Waals surface area contributed by atoms with Crippen molar-refractivity contribution >= 4 is 0 Å². The monoisotopic (exact) mass is 194 g/mol. The second kappa shape index (κ2) is 17.9. The molecular formula is C11H34N2. The molecule has 0 amide bonds. The molecule has 0 aliphatic heterocycles. The molecule has 2 nitrogen and oxygen atoms in total. The summed E-state index contributed by atoms with van der Waals surface area (Å²) in [5.41, 5.74) is 0. The van der Waals surface area contributed by atoms with Crippen LogP contribution in [0.25, 0.3) is 0 Å². The minimum Gasteiger partial charge on any atom is -0.309 e. The Labute approximate surface area is 87.9 Å². The zero-order valence-corrected chi connectivity index (χ0v) is 7.02. The molecule has 0 bridgehead atoms. The van der Waals surface area contributed by atoms with Gasteiger partial charge in [0.05, 0.1) is 0 Å². The lowest BCUT2D eigenvalue weighted by Gasteiger charge is -2.12. The van der Waals surface area contributed by atoms with Gasteiger partial charge in [-0.3, -0.25) is 0 Å². The summed E-state index contributed by atoms with van der Waals surface area (Å²) in [7, 11) is 8.43. The van der Waals surface area contributed by atoms with E-state index in [1.807, 2.05) is 0 Å². The van der Waals surface area contributed by atoms with Crippen LogP contribution in [0.5, 0.6) is 0 Å². The Morgan fingerprint density at radius 3 is 1.00 bits per heavy atom. The van der Waals surface area contributed by atoms with Gasteiger partial charge in [0.15, 0.2) is 0 Å². The van der Waals surface area contributed by atoms with Gasteiger partial charge in [-0.25, -0.2) is 0 Å². The van der Waals surface area contributed by atoms with E-state index < -0.39 is 0 Å². The number of rotatable bonds is 4. The Balaban J connectivity index is -0.0000000533. The summed E-state index contributed by atoms with van der Waals surface area (Å²) in [4.78, 5) is 4.42. The quantitative estimate of drug-likeness (QED) is 0.679. The topological polar surface area (TPSA) is 6.48 Å². The molecule has 0 saturated heterocycles. The molecule has 2 heteroatoms. The summed E-state index contributed by atoms with van der Waals surface area (Å²) < 4.78 is 0. The maximum atomic E-state index is 2.21. The van der Waals surface area contributed by atoms with Gasteiger partial charge in [0.25, 0.3) is 0 Å². The molecule has 0 aliphatic rings. The van der Waals surface area contributed by atoms with E-state index in [0.29, 0.717) is 0 Å². The van der Waals surface area contributed by atoms with Crippen molar-refractivity contribution in [3.63, 3.8) is 0 Å². The molecule has 0 heterocycles. The molecule has 0 aliphatic carbocycles. The second-order valence-corrected chi connectivity index (χ2v) is 2.96. The van der Waals surface area contributed by atoms with E-state index in [0.717, 1.165) is 0 Å². The first-order valence-corrected chi connectivity index (χ1v) is 3.42. The van der Waals surface area contributed by atoms with Gasteiger partial charge in [-0.1, -0.05) is 29.7 Å². The zero-order chi connectivity index (χ0) is 7.28. The predicted molar refractivity (Wildman–Crippen MR) is 68.6 cm³/mol. The Morgan fingerprint density at radius 2 is 0.846 bits per heavy atom. The molecule has 0 spiro atoms. The van der Waals surface area contributed by atoms with Crippen molar-refractivity contribution in [2.75, 3.05) is 41.3 Å². The zero-order valence-electron chi connectivity index (χ0n) is 7.02. The summed E-state index contributed by atoms with van der Waals surface area (Å²) in [6.07, 6.45) is 1.26. The van der Waals surface area contributed by atoms with Crippen LogP contribution >= 0.6 is 0 Å². The van der Waals surface area contributed by atoms with Crippen molar-refractivity contribution < 1.29 is 0 Å². The van der Waals surface area contributed by atoms with Crippen LogP contribution in [0.4, 0.5) is 0 Å². The van der Waals surface area contributed by atoms with Crippen LogP contribution in [0, 0.1) is 0 Å². The Bertz CT molecular complexity index is 53.1. The van der Waals surface area contributed by atoms with Crippen molar-refractivity contribution in [3.8, 4) is 0 Å². The SMILES string of the molecule is C.C.C.C.CN(C)CCCN(C)C. The van der Waals surface area contributed by atoms with E-state index in [-0.39, 0.29) is 29.7 Å². The van der Waals surface area contributed by atoms with Crippen molar-refractivity contribution in [1.29, 1.82) is 0 Å². The highest BCUT2D eigenvalue weighted by atomic mass is 15.1. The third-order valence-corrected chi connectivity index (χ3v) is 1.21. The van der Waals surface area contributed by atoms with Gasteiger partial charge >= 0.3 is 0 Å². The van der Waals surface area contributed by atoms with Gasteiger partial charge < -0.3 is 9.80 Å². The first-order valence-electron chi connectivity index (χ1n) is 3.42. The molecule has 0 atom stereocenters. The van der Waals surface area contributed by atoms with E-state index in [2.05, 4.69) is 38.0 Å². The van der Waals surface area contributed by atoms with Crippen molar-refractivity contribution in [1.82, 2.24) is 9.80 Å². The molecule has 0 radical (unpaired) electrons. The van der Waals surface area contributed by atoms with Crippen molar-refractivity contribution in [2.45, 2.75) is 36.1 Å². The lowest BCUT2D eigenvalue weighted by Crippen LogP contribution is -2.20. The minimum absolute atomic E-state index is 0. The Hall–Kier alpha value is -0.0800. The minimum atomic E-state index is 0. The fourth-order valence-electron chi connectivity index (χ4n) is 0.703. The average Bonchev–Trinajstić information content (AvgIpc) is 1.63. The lowest BCUT2D eigenvalue weighted by atomic mass is 10.4. The van der Waals surface area contributed by atoms with Crippen LogP contribution in [0.3, 0.4) is 0 Å². The summed E-state index contributed by atoms with van der Waals surface area (Å²) in [6.45, 7) is 2.39. The Kier molecular flexibility index (Phi) is 40.2. The molecule has 0 rings (SSSR count). The fourth-order valence-corrected chi connectivity index (χ4v) is 0.703. The van der Waals surface area contributed by atoms with Gasteiger partial charge in [0, 0.05) is 0 Å². The summed E-state index contributed by atoms with van der Waals surface area (Å²) in [6, 6.07) is 0. The van der Waals surface area contributed by atoms with Crippen LogP contribution in [-0.2, 0) is 0 Å². The van der Waals surface area contributed by atoms with E-state index in [1.54, 1.807) is 0 Å². The van der Waals surface area contributed by atoms with Gasteiger partial charge in [-0.2, -0.15) is 0 Å². The standard InChI is InChI=1S/C7H18N2.4CH4/c1-8(2)6-5-7-9(3)4;;;;/h5-7H2,1-4H3;4*1H4. The number of nitrogens with zero attached hydrogens (tertiary/aromatic N) is 2. The molecule has 13 heavy (non-hydrogen) atoms. The van der Waals surface area contributed by atoms with Crippen molar-refractivity contribution in [3.05, 3.63) is 0 Å². The van der Waals surface area contributed by atoms with E-state index in [9.17, 15) is 0 Å². The van der Waals surface area contributed by atoms with Crippen molar-refractivity contribution in [2.24, 2.45) is 0 Å². The van der Waals surface area contributed by atoms with Gasteiger partial charge in [-0.15, -0.1) is 0 Å². The summed E-state index contributed by atoms with van der Waals surface area (Å²) >= 11 is 0. The highest BCUT2D eigenvalue weighted by Crippen LogP contribution is 1.84. The summed E-state index contributed by atoms with van der Waals surface area (Å²) in [5, 5.41) is 0. The van der Waals surface area contributed by atoms with Crippen LogP contribution in [0.2, 0.25) is 0 Å². The normalized spacial score (nSPS) is 7.85. The molecule has 0 fully saturated rings. The van der Waals surface area contributed by atoms with Crippen LogP contribution < -0.4 is 0 Å². The first-order chi connectivity index (χ1) is 4.13. The first kappa shape index (κ1) is 29.3. The molecule has 0 aromatic heterocycles. The highest BCUT2D eigenvalue weighted by Gasteiger charge is 1.90. The molecular weight excluding hydrogens is 160 g/mol. The smallest absolute Gasteiger partial charge is 0.00126 e. The van der Waals surface area contributed by atoms with E-state index >= 15 is 0 Å². The molecule has 0 N–H and O–H groups in total.